The Morgan fingerprint density at radius 3 is 2.22 bits per heavy atom. The maximum atomic E-state index is 14.9. The van der Waals surface area contributed by atoms with Crippen molar-refractivity contribution in [3.63, 3.8) is 0 Å². The molecule has 1 heterocycles. The van der Waals surface area contributed by atoms with Crippen LogP contribution in [0.15, 0.2) is 72.3 Å². The standard InChI is InChI=1S/C38H45Cl3N2O6Si/c1-38(2,3)50(4,5)49-24-32-34(36(44)43(27-15-16-27)23-26-9-8-11-31(40)35(26)41)29(19-20-42(32)37(45)46)25-13-17-28(18-14-25)47-21-22-48-33-12-7-6-10-30(33)39/h6-14,17-18,27,32H,15-16,19-24H2,1-5H3,(H,45,46). The Labute approximate surface area is 311 Å². The van der Waals surface area contributed by atoms with Crippen LogP contribution in [0.3, 0.4) is 0 Å². The molecule has 1 aliphatic carbocycles. The van der Waals surface area contributed by atoms with Crippen LogP contribution in [0.2, 0.25) is 33.2 Å². The van der Waals surface area contributed by atoms with Gasteiger partial charge in [-0.05, 0) is 84.4 Å². The van der Waals surface area contributed by atoms with E-state index in [1.54, 1.807) is 18.2 Å². The van der Waals surface area contributed by atoms with E-state index in [1.807, 2.05) is 53.4 Å². The lowest BCUT2D eigenvalue weighted by Crippen LogP contribution is -2.53. The van der Waals surface area contributed by atoms with E-state index in [0.29, 0.717) is 51.8 Å². The molecule has 3 aromatic carbocycles. The van der Waals surface area contributed by atoms with E-state index in [4.69, 9.17) is 48.7 Å². The molecule has 1 aliphatic heterocycles. The first-order chi connectivity index (χ1) is 23.7. The number of hydrogen-bond acceptors (Lipinski definition) is 5. The molecule has 0 saturated heterocycles. The second-order valence-electron chi connectivity index (χ2n) is 14.2. The Morgan fingerprint density at radius 1 is 0.920 bits per heavy atom. The molecule has 5 rings (SSSR count). The van der Waals surface area contributed by atoms with Crippen molar-refractivity contribution in [2.45, 2.75) is 76.8 Å². The van der Waals surface area contributed by atoms with Crippen LogP contribution in [-0.4, -0.2) is 73.7 Å². The molecule has 0 bridgehead atoms. The summed E-state index contributed by atoms with van der Waals surface area (Å²) < 4.78 is 18.3. The Bertz CT molecular complexity index is 1720. The molecule has 0 aromatic heterocycles. The summed E-state index contributed by atoms with van der Waals surface area (Å²) in [6, 6.07) is 19.4. The molecule has 1 N–H and O–H groups in total. The number of para-hydroxylation sites is 1. The summed E-state index contributed by atoms with van der Waals surface area (Å²) in [6.45, 7) is 11.8. The summed E-state index contributed by atoms with van der Waals surface area (Å²) in [6.07, 6.45) is 0.988. The predicted octanol–water partition coefficient (Wildman–Crippen LogP) is 9.82. The molecule has 8 nitrogen and oxygen atoms in total. The summed E-state index contributed by atoms with van der Waals surface area (Å²) in [4.78, 5) is 30.8. The third-order valence-corrected chi connectivity index (χ3v) is 15.5. The van der Waals surface area contributed by atoms with Crippen LogP contribution in [0.1, 0.15) is 51.2 Å². The van der Waals surface area contributed by atoms with Crippen LogP contribution >= 0.6 is 34.8 Å². The first-order valence-corrected chi connectivity index (χ1v) is 20.9. The van der Waals surface area contributed by atoms with Gasteiger partial charge in [-0.15, -0.1) is 0 Å². The normalized spacial score (nSPS) is 16.7. The molecule has 12 heteroatoms. The second kappa shape index (κ2) is 16.0. The summed E-state index contributed by atoms with van der Waals surface area (Å²) in [5.74, 6) is 1.02. The Morgan fingerprint density at radius 2 is 1.58 bits per heavy atom. The van der Waals surface area contributed by atoms with Gasteiger partial charge < -0.3 is 23.9 Å². The Kier molecular flexibility index (Phi) is 12.2. The molecule has 50 heavy (non-hydrogen) atoms. The van der Waals surface area contributed by atoms with Crippen molar-refractivity contribution in [3.05, 3.63) is 98.5 Å². The van der Waals surface area contributed by atoms with Gasteiger partial charge in [0, 0.05) is 24.7 Å². The van der Waals surface area contributed by atoms with E-state index >= 15 is 0 Å². The largest absolute Gasteiger partial charge is 0.490 e. The third kappa shape index (κ3) is 8.98. The molecule has 268 valence electrons. The van der Waals surface area contributed by atoms with Crippen molar-refractivity contribution < 1.29 is 28.6 Å². The van der Waals surface area contributed by atoms with E-state index < -0.39 is 20.5 Å². The average Bonchev–Trinajstić information content (AvgIpc) is 3.92. The van der Waals surface area contributed by atoms with Gasteiger partial charge in [0.25, 0.3) is 5.91 Å². The SMILES string of the molecule is CC(C)(C)[Si](C)(C)OCC1C(C(=O)N(Cc2cccc(Cl)c2Cl)C2CC2)=C(c2ccc(OCCOc3ccccc3Cl)cc2)CCN1C(=O)O. The van der Waals surface area contributed by atoms with Gasteiger partial charge in [0.2, 0.25) is 0 Å². The number of hydrogen-bond donors (Lipinski definition) is 1. The average molecular weight is 760 g/mol. The van der Waals surface area contributed by atoms with E-state index in [9.17, 15) is 14.7 Å². The van der Waals surface area contributed by atoms with Gasteiger partial charge in [-0.3, -0.25) is 9.69 Å². The Balaban J connectivity index is 1.48. The van der Waals surface area contributed by atoms with Crippen LogP contribution in [-0.2, 0) is 15.8 Å². The molecule has 3 aromatic rings. The quantitative estimate of drug-likeness (QED) is 0.138. The van der Waals surface area contributed by atoms with Crippen molar-refractivity contribution >= 4 is 60.7 Å². The van der Waals surface area contributed by atoms with Crippen LogP contribution < -0.4 is 9.47 Å². The second-order valence-corrected chi connectivity index (χ2v) is 20.2. The highest BCUT2D eigenvalue weighted by molar-refractivity contribution is 6.74. The summed E-state index contributed by atoms with van der Waals surface area (Å²) in [5.41, 5.74) is 2.80. The first-order valence-electron chi connectivity index (χ1n) is 16.9. The highest BCUT2D eigenvalue weighted by Crippen LogP contribution is 2.41. The minimum Gasteiger partial charge on any atom is -0.490 e. The first kappa shape index (κ1) is 38.0. The van der Waals surface area contributed by atoms with Crippen molar-refractivity contribution in [1.82, 2.24) is 9.80 Å². The lowest BCUT2D eigenvalue weighted by atomic mass is 9.87. The van der Waals surface area contributed by atoms with Gasteiger partial charge in [0.15, 0.2) is 8.32 Å². The zero-order valence-corrected chi connectivity index (χ0v) is 32.4. The molecule has 0 spiro atoms. The van der Waals surface area contributed by atoms with Gasteiger partial charge >= 0.3 is 6.09 Å². The van der Waals surface area contributed by atoms with Crippen LogP contribution in [0.25, 0.3) is 5.57 Å². The number of carbonyl (C=O) groups excluding carboxylic acids is 1. The van der Waals surface area contributed by atoms with E-state index in [0.717, 1.165) is 29.5 Å². The van der Waals surface area contributed by atoms with Crippen molar-refractivity contribution in [2.75, 3.05) is 26.4 Å². The molecule has 0 radical (unpaired) electrons. The van der Waals surface area contributed by atoms with E-state index in [2.05, 4.69) is 33.9 Å². The summed E-state index contributed by atoms with van der Waals surface area (Å²) in [5, 5.41) is 11.7. The third-order valence-electron chi connectivity index (χ3n) is 9.79. The lowest BCUT2D eigenvalue weighted by molar-refractivity contribution is -0.129. The predicted molar refractivity (Wildman–Crippen MR) is 202 cm³/mol. The number of nitrogens with zero attached hydrogens (tertiary/aromatic N) is 2. The number of benzene rings is 3. The summed E-state index contributed by atoms with van der Waals surface area (Å²) >= 11 is 19.1. The monoisotopic (exact) mass is 758 g/mol. The number of amides is 2. The van der Waals surface area contributed by atoms with Crippen molar-refractivity contribution in [3.8, 4) is 11.5 Å². The molecular formula is C38H45Cl3N2O6Si. The fourth-order valence-electron chi connectivity index (χ4n) is 5.74. The fourth-order valence-corrected chi connectivity index (χ4v) is 7.32. The fraction of sp³-hybridized carbons (Fsp3) is 0.421. The number of carbonyl (C=O) groups is 2. The van der Waals surface area contributed by atoms with E-state index in [-0.39, 0.29) is 36.7 Å². The van der Waals surface area contributed by atoms with Crippen LogP contribution in [0.4, 0.5) is 4.79 Å². The molecule has 1 unspecified atom stereocenters. The highest BCUT2D eigenvalue weighted by Gasteiger charge is 2.44. The van der Waals surface area contributed by atoms with E-state index in [1.165, 1.54) is 4.90 Å². The Hall–Kier alpha value is -3.21. The minimum absolute atomic E-state index is 0.0113. The van der Waals surface area contributed by atoms with Crippen LogP contribution in [0.5, 0.6) is 11.5 Å². The van der Waals surface area contributed by atoms with Gasteiger partial charge in [-0.2, -0.15) is 0 Å². The number of ether oxygens (including phenoxy) is 2. The maximum absolute atomic E-state index is 14.9. The topological polar surface area (TPSA) is 88.5 Å². The molecule has 2 aliphatic rings. The molecule has 1 saturated carbocycles. The highest BCUT2D eigenvalue weighted by atomic mass is 35.5. The smallest absolute Gasteiger partial charge is 0.407 e. The minimum atomic E-state index is -2.31. The zero-order chi connectivity index (χ0) is 36.2. The summed E-state index contributed by atoms with van der Waals surface area (Å²) in [7, 11) is -2.31. The number of halogens is 3. The van der Waals surface area contributed by atoms with Gasteiger partial charge in [0.1, 0.15) is 24.7 Å². The van der Waals surface area contributed by atoms with Crippen molar-refractivity contribution in [1.29, 1.82) is 0 Å². The van der Waals surface area contributed by atoms with Gasteiger partial charge in [-0.25, -0.2) is 4.79 Å². The van der Waals surface area contributed by atoms with Crippen molar-refractivity contribution in [2.24, 2.45) is 0 Å². The molecular weight excluding hydrogens is 715 g/mol. The molecule has 1 atom stereocenters. The zero-order valence-electron chi connectivity index (χ0n) is 29.2. The van der Waals surface area contributed by atoms with Gasteiger partial charge in [0.05, 0.1) is 27.7 Å². The lowest BCUT2D eigenvalue weighted by Gasteiger charge is -2.42. The molecule has 2 amide bonds. The maximum Gasteiger partial charge on any atom is 0.407 e. The van der Waals surface area contributed by atoms with Gasteiger partial charge in [-0.1, -0.05) is 92.0 Å². The number of carboxylic acid groups (broad SMARTS) is 1. The number of rotatable bonds is 13. The van der Waals surface area contributed by atoms with Crippen LogP contribution in [0, 0.1) is 0 Å². The molecule has 1 fully saturated rings.